The third kappa shape index (κ3) is 74.0. The van der Waals surface area contributed by atoms with Crippen LogP contribution in [0, 0.1) is 0 Å². The van der Waals surface area contributed by atoms with Gasteiger partial charge in [-0.3, -0.25) is 37.3 Å². The predicted molar refractivity (Wildman–Crippen MR) is 418 cm³/mol. The van der Waals surface area contributed by atoms with Gasteiger partial charge in [-0.05, 0) is 122 Å². The van der Waals surface area contributed by atoms with Gasteiger partial charge in [-0.2, -0.15) is 0 Å². The summed E-state index contributed by atoms with van der Waals surface area (Å²) in [5.74, 6) is -2.25. The molecule has 0 saturated carbocycles. The number of rotatable bonds is 75. The molecule has 5 unspecified atom stereocenters. The summed E-state index contributed by atoms with van der Waals surface area (Å²) in [6, 6.07) is 0. The monoisotopic (exact) mass is 1470 g/mol. The second-order valence-corrected chi connectivity index (χ2v) is 29.5. The quantitative estimate of drug-likeness (QED) is 0.0169. The molecule has 0 aliphatic heterocycles. The van der Waals surface area contributed by atoms with Crippen LogP contribution < -0.4 is 0 Å². The maximum absolute atomic E-state index is 13.1. The van der Waals surface area contributed by atoms with Crippen LogP contribution in [0.2, 0.25) is 0 Å². The number of phosphoric acid groups is 2. The normalized spacial score (nSPS) is 14.5. The lowest BCUT2D eigenvalue weighted by Gasteiger charge is -2.21. The van der Waals surface area contributed by atoms with Crippen molar-refractivity contribution in [3.63, 3.8) is 0 Å². The van der Waals surface area contributed by atoms with Crippen LogP contribution in [-0.4, -0.2) is 96.7 Å². The number of esters is 4. The number of carbonyl (C=O) groups is 4. The number of aliphatic hydroxyl groups excluding tert-OH is 1. The molecule has 0 fully saturated rings. The van der Waals surface area contributed by atoms with Crippen LogP contribution in [0.5, 0.6) is 0 Å². The van der Waals surface area contributed by atoms with Crippen molar-refractivity contribution >= 4 is 39.5 Å². The molecule has 0 aliphatic carbocycles. The maximum atomic E-state index is 13.1. The molecule has 0 rings (SSSR count). The lowest BCUT2D eigenvalue weighted by Crippen LogP contribution is -2.30. The fourth-order valence-corrected chi connectivity index (χ4v) is 12.2. The molecule has 0 aromatic rings. The number of phosphoric ester groups is 2. The molecular weight excluding hydrogens is 1330 g/mol. The standard InChI is InChI=1S/C83H144O17P2/c1-5-9-13-17-21-25-29-32-35-37-38-40-43-45-49-52-56-60-64-68-80(85)93-73-78(99-82(87)69-65-61-57-53-47-28-24-20-16-12-8-4)75-97-101(89,90)95-71-77(84)72-96-102(91,92)98-76-79(100-83(88)70-66-62-58-54-50-46-41-34-31-27-23-19-15-11-7-3)74-94-81(86)67-63-59-55-51-48-44-42-39-36-33-30-26-22-18-14-10-6-2/h10,14,20-22,24-26,32-33,35-36,38,40,42,44,51,55,77-79,84H,5-9,11-13,15-19,23,27-31,34,37,39,41,43,45-50,52-54,56-76H2,1-4H3,(H,89,90)(H,91,92)/b14-10-,24-20-,25-21-,26-22-,35-32-,36-33-,40-38-,44-42-,55-51-. The fraction of sp³-hybridized carbons (Fsp3) is 0.735. The van der Waals surface area contributed by atoms with Crippen LogP contribution in [0.4, 0.5) is 0 Å². The SMILES string of the molecule is CC/C=C\C/C=C\C/C=C\C/C=C\C/C=C\CCCC(=O)OCC(COP(=O)(O)OCC(O)COP(=O)(O)OCC(COC(=O)CCCCCCCC/C=C\C/C=C\C/C=C\CCCCC)OC(=O)CCCCCCC/C=C\CCCC)OC(=O)CCCCCCCCCCCCCCCCC. The molecular formula is C83H144O17P2. The van der Waals surface area contributed by atoms with E-state index in [-0.39, 0.29) is 25.7 Å². The van der Waals surface area contributed by atoms with Crippen LogP contribution in [0.3, 0.4) is 0 Å². The number of ether oxygens (including phenoxy) is 4. The fourth-order valence-electron chi connectivity index (χ4n) is 10.6. The zero-order valence-corrected chi connectivity index (χ0v) is 66.0. The molecule has 0 spiro atoms. The number of unbranched alkanes of at least 4 members (excludes halogenated alkanes) is 31. The van der Waals surface area contributed by atoms with Gasteiger partial charge in [0.1, 0.15) is 19.3 Å². The summed E-state index contributed by atoms with van der Waals surface area (Å²) in [5.41, 5.74) is 0. The van der Waals surface area contributed by atoms with Gasteiger partial charge in [0.25, 0.3) is 0 Å². The van der Waals surface area contributed by atoms with E-state index in [9.17, 15) is 43.2 Å². The van der Waals surface area contributed by atoms with E-state index in [1.165, 1.54) is 96.3 Å². The first-order valence-electron chi connectivity index (χ1n) is 40.1. The number of carbonyl (C=O) groups excluding carboxylic acids is 4. The van der Waals surface area contributed by atoms with Gasteiger partial charge in [0.15, 0.2) is 12.2 Å². The molecule has 0 radical (unpaired) electrons. The zero-order chi connectivity index (χ0) is 74.6. The summed E-state index contributed by atoms with van der Waals surface area (Å²) in [5, 5.41) is 10.6. The molecule has 17 nitrogen and oxygen atoms in total. The lowest BCUT2D eigenvalue weighted by atomic mass is 10.0. The molecule has 19 heteroatoms. The van der Waals surface area contributed by atoms with Crippen LogP contribution in [-0.2, 0) is 65.4 Å². The van der Waals surface area contributed by atoms with E-state index in [1.54, 1.807) is 0 Å². The van der Waals surface area contributed by atoms with Crippen LogP contribution >= 0.6 is 15.6 Å². The van der Waals surface area contributed by atoms with Gasteiger partial charge in [-0.1, -0.05) is 298 Å². The topological polar surface area (TPSA) is 237 Å². The van der Waals surface area contributed by atoms with E-state index in [4.69, 9.17) is 37.0 Å². The first kappa shape index (κ1) is 97.7. The summed E-state index contributed by atoms with van der Waals surface area (Å²) in [4.78, 5) is 72.9. The number of aliphatic hydroxyl groups is 1. The van der Waals surface area contributed by atoms with E-state index in [2.05, 4.69) is 125 Å². The van der Waals surface area contributed by atoms with Crippen molar-refractivity contribution in [1.29, 1.82) is 0 Å². The minimum absolute atomic E-state index is 0.0799. The second kappa shape index (κ2) is 75.0. The zero-order valence-electron chi connectivity index (χ0n) is 64.3. The summed E-state index contributed by atoms with van der Waals surface area (Å²) in [7, 11) is -9.97. The van der Waals surface area contributed by atoms with Crippen molar-refractivity contribution in [2.24, 2.45) is 0 Å². The minimum atomic E-state index is -4.99. The van der Waals surface area contributed by atoms with Crippen molar-refractivity contribution in [3.05, 3.63) is 109 Å². The molecule has 0 amide bonds. The van der Waals surface area contributed by atoms with Crippen molar-refractivity contribution < 1.29 is 80.2 Å². The third-order valence-corrected chi connectivity index (χ3v) is 18.6. The summed E-state index contributed by atoms with van der Waals surface area (Å²) >= 11 is 0. The van der Waals surface area contributed by atoms with Crippen molar-refractivity contribution in [1.82, 2.24) is 0 Å². The highest BCUT2D eigenvalue weighted by Gasteiger charge is 2.30. The molecule has 102 heavy (non-hydrogen) atoms. The Morgan fingerprint density at radius 3 is 0.882 bits per heavy atom. The molecule has 0 bridgehead atoms. The lowest BCUT2D eigenvalue weighted by molar-refractivity contribution is -0.161. The van der Waals surface area contributed by atoms with Gasteiger partial charge in [-0.15, -0.1) is 0 Å². The summed E-state index contributed by atoms with van der Waals surface area (Å²) in [6.07, 6.45) is 80.8. The first-order valence-corrected chi connectivity index (χ1v) is 43.1. The molecule has 588 valence electrons. The van der Waals surface area contributed by atoms with Gasteiger partial charge in [0.05, 0.1) is 26.4 Å². The van der Waals surface area contributed by atoms with Crippen LogP contribution in [0.15, 0.2) is 109 Å². The largest absolute Gasteiger partial charge is 0.472 e. The van der Waals surface area contributed by atoms with Crippen molar-refractivity contribution in [2.75, 3.05) is 39.6 Å². The Morgan fingerprint density at radius 1 is 0.284 bits per heavy atom. The highest BCUT2D eigenvalue weighted by Crippen LogP contribution is 2.45. The van der Waals surface area contributed by atoms with Gasteiger partial charge in [-0.25, -0.2) is 9.13 Å². The van der Waals surface area contributed by atoms with Crippen LogP contribution in [0.1, 0.15) is 336 Å². The van der Waals surface area contributed by atoms with E-state index < -0.39 is 97.5 Å². The van der Waals surface area contributed by atoms with Gasteiger partial charge < -0.3 is 33.8 Å². The highest BCUT2D eigenvalue weighted by molar-refractivity contribution is 7.47. The number of hydrogen-bond donors (Lipinski definition) is 3. The minimum Gasteiger partial charge on any atom is -0.462 e. The molecule has 0 aromatic heterocycles. The third-order valence-electron chi connectivity index (χ3n) is 16.7. The Kier molecular flexibility index (Phi) is 71.8. The Hall–Kier alpha value is -4.28. The smallest absolute Gasteiger partial charge is 0.462 e. The highest BCUT2D eigenvalue weighted by atomic mass is 31.2. The molecule has 3 N–H and O–H groups in total. The van der Waals surface area contributed by atoms with Gasteiger partial charge in [0.2, 0.25) is 0 Å². The van der Waals surface area contributed by atoms with E-state index in [0.717, 1.165) is 154 Å². The maximum Gasteiger partial charge on any atom is 0.472 e. The Balaban J connectivity index is 5.36. The number of hydrogen-bond acceptors (Lipinski definition) is 15. The van der Waals surface area contributed by atoms with E-state index in [1.807, 2.05) is 12.2 Å². The Morgan fingerprint density at radius 2 is 0.529 bits per heavy atom. The molecule has 0 aliphatic rings. The Labute approximate surface area is 619 Å². The summed E-state index contributed by atoms with van der Waals surface area (Å²) in [6.45, 7) is 4.64. The van der Waals surface area contributed by atoms with Crippen molar-refractivity contribution in [2.45, 2.75) is 354 Å². The molecule has 0 saturated heterocycles. The first-order chi connectivity index (χ1) is 49.7. The van der Waals surface area contributed by atoms with Crippen molar-refractivity contribution in [3.8, 4) is 0 Å². The predicted octanol–water partition coefficient (Wildman–Crippen LogP) is 23.3. The molecule has 0 heterocycles. The van der Waals surface area contributed by atoms with Crippen LogP contribution in [0.25, 0.3) is 0 Å². The van der Waals surface area contributed by atoms with E-state index in [0.29, 0.717) is 32.1 Å². The van der Waals surface area contributed by atoms with E-state index >= 15 is 0 Å². The summed E-state index contributed by atoms with van der Waals surface area (Å²) < 4.78 is 68.5. The number of allylic oxidation sites excluding steroid dienone is 18. The second-order valence-electron chi connectivity index (χ2n) is 26.6. The van der Waals surface area contributed by atoms with Gasteiger partial charge in [0, 0.05) is 25.7 Å². The molecule has 5 atom stereocenters. The Bertz CT molecular complexity index is 2360. The average Bonchev–Trinajstić information content (AvgIpc) is 0.944. The molecule has 0 aromatic carbocycles. The average molecular weight is 1480 g/mol. The van der Waals surface area contributed by atoms with Gasteiger partial charge >= 0.3 is 39.5 Å².